The van der Waals surface area contributed by atoms with Gasteiger partial charge in [-0.2, -0.15) is 13.2 Å². The van der Waals surface area contributed by atoms with Crippen molar-refractivity contribution in [3.8, 4) is 0 Å². The molecule has 1 aliphatic rings. The number of piperazine rings is 1. The lowest BCUT2D eigenvalue weighted by atomic mass is 10.1. The molecule has 0 radical (unpaired) electrons. The van der Waals surface area contributed by atoms with Crippen molar-refractivity contribution >= 4 is 35.9 Å². The number of nitrogens with one attached hydrogen (secondary N) is 2. The van der Waals surface area contributed by atoms with E-state index in [0.29, 0.717) is 5.56 Å². The first-order chi connectivity index (χ1) is 14.2. The van der Waals surface area contributed by atoms with Gasteiger partial charge in [0, 0.05) is 43.0 Å². The van der Waals surface area contributed by atoms with Crippen molar-refractivity contribution in [2.45, 2.75) is 6.18 Å². The van der Waals surface area contributed by atoms with Crippen LogP contribution in [0.25, 0.3) is 0 Å². The number of hydrogen-bond donors (Lipinski definition) is 3. The van der Waals surface area contributed by atoms with Crippen LogP contribution < -0.4 is 16.0 Å². The number of guanidine groups is 1. The number of benzene rings is 2. The first-order valence-corrected chi connectivity index (χ1v) is 9.12. The molecule has 0 bridgehead atoms. The van der Waals surface area contributed by atoms with Crippen LogP contribution in [0.2, 0.25) is 0 Å². The molecule has 31 heavy (non-hydrogen) atoms. The fourth-order valence-electron chi connectivity index (χ4n) is 3.29. The number of hydrogen-bond acceptors (Lipinski definition) is 4. The fraction of sp³-hybridized carbons (Fsp3) is 0.250. The van der Waals surface area contributed by atoms with Crippen molar-refractivity contribution in [3.63, 3.8) is 0 Å². The fourth-order valence-corrected chi connectivity index (χ4v) is 3.29. The van der Waals surface area contributed by atoms with Gasteiger partial charge in [-0.1, -0.05) is 18.2 Å². The van der Waals surface area contributed by atoms with Gasteiger partial charge in [0.2, 0.25) is 0 Å². The SMILES string of the molecule is Cl.N=C(N)NC(=O)c1ccc(N2CCN(C(=O)c3ccccc3)CC2)c(C(F)(F)F)c1. The van der Waals surface area contributed by atoms with Gasteiger partial charge in [0.05, 0.1) is 5.56 Å². The number of alkyl halides is 3. The number of nitrogens with zero attached hydrogens (tertiary/aromatic N) is 2. The van der Waals surface area contributed by atoms with Gasteiger partial charge >= 0.3 is 6.18 Å². The summed E-state index contributed by atoms with van der Waals surface area (Å²) in [5.41, 5.74) is 4.33. The average Bonchev–Trinajstić information content (AvgIpc) is 2.72. The Kier molecular flexibility index (Phi) is 7.50. The molecule has 2 amide bonds. The van der Waals surface area contributed by atoms with Crippen molar-refractivity contribution in [3.05, 3.63) is 65.2 Å². The molecule has 3 rings (SSSR count). The summed E-state index contributed by atoms with van der Waals surface area (Å²) in [5.74, 6) is -1.71. The Balaban J connectivity index is 0.00000341. The quantitative estimate of drug-likeness (QED) is 0.489. The molecule has 0 aliphatic carbocycles. The van der Waals surface area contributed by atoms with E-state index in [2.05, 4.69) is 0 Å². The predicted octanol–water partition coefficient (Wildman–Crippen LogP) is 2.71. The highest BCUT2D eigenvalue weighted by molar-refractivity contribution is 6.04. The van der Waals surface area contributed by atoms with Crippen LogP contribution in [0.1, 0.15) is 26.3 Å². The van der Waals surface area contributed by atoms with E-state index in [1.807, 2.05) is 5.32 Å². The van der Waals surface area contributed by atoms with Crippen molar-refractivity contribution in [2.75, 3.05) is 31.1 Å². The van der Waals surface area contributed by atoms with Crippen LogP contribution in [-0.2, 0) is 6.18 Å². The standard InChI is InChI=1S/C20H20F3N5O2.ClH/c21-20(22,23)15-12-14(17(29)26-19(24)25)6-7-16(15)27-8-10-28(11-9-27)18(30)13-4-2-1-3-5-13;/h1-7,12H,8-11H2,(H4,24,25,26,29);1H. The van der Waals surface area contributed by atoms with E-state index in [9.17, 15) is 22.8 Å². The van der Waals surface area contributed by atoms with Gasteiger partial charge in [-0.15, -0.1) is 12.4 Å². The molecule has 1 heterocycles. The van der Waals surface area contributed by atoms with Crippen molar-refractivity contribution in [1.29, 1.82) is 5.41 Å². The second-order valence-corrected chi connectivity index (χ2v) is 6.74. The molecule has 1 fully saturated rings. The molecular weight excluding hydrogens is 435 g/mol. The number of carbonyl (C=O) groups excluding carboxylic acids is 2. The van der Waals surface area contributed by atoms with E-state index in [1.54, 1.807) is 40.1 Å². The topological polar surface area (TPSA) is 103 Å². The van der Waals surface area contributed by atoms with E-state index in [1.165, 1.54) is 12.1 Å². The Hall–Kier alpha value is -3.27. The maximum Gasteiger partial charge on any atom is 0.418 e. The Morgan fingerprint density at radius 3 is 2.13 bits per heavy atom. The lowest BCUT2D eigenvalue weighted by Gasteiger charge is -2.37. The van der Waals surface area contributed by atoms with Gasteiger partial charge in [0.25, 0.3) is 11.8 Å². The molecule has 2 aromatic rings. The molecule has 0 unspecified atom stereocenters. The third kappa shape index (κ3) is 5.66. The zero-order valence-corrected chi connectivity index (χ0v) is 17.1. The predicted molar refractivity (Wildman–Crippen MR) is 113 cm³/mol. The van der Waals surface area contributed by atoms with E-state index < -0.39 is 23.6 Å². The summed E-state index contributed by atoms with van der Waals surface area (Å²) >= 11 is 0. The van der Waals surface area contributed by atoms with Crippen LogP contribution >= 0.6 is 12.4 Å². The Morgan fingerprint density at radius 1 is 0.968 bits per heavy atom. The third-order valence-corrected chi connectivity index (χ3v) is 4.74. The molecule has 0 atom stereocenters. The summed E-state index contributed by atoms with van der Waals surface area (Å²) in [6, 6.07) is 11.9. The molecule has 166 valence electrons. The summed E-state index contributed by atoms with van der Waals surface area (Å²) in [6.45, 7) is 0.997. The van der Waals surface area contributed by atoms with Crippen LogP contribution in [0.15, 0.2) is 48.5 Å². The molecule has 0 spiro atoms. The van der Waals surface area contributed by atoms with Gasteiger partial charge in [0.15, 0.2) is 5.96 Å². The Labute approximate surface area is 182 Å². The Morgan fingerprint density at radius 2 is 1.58 bits per heavy atom. The minimum absolute atomic E-state index is 0. The molecule has 2 aromatic carbocycles. The van der Waals surface area contributed by atoms with Gasteiger partial charge in [-0.25, -0.2) is 0 Å². The summed E-state index contributed by atoms with van der Waals surface area (Å²) in [6.07, 6.45) is -4.68. The number of rotatable bonds is 3. The van der Waals surface area contributed by atoms with Crippen molar-refractivity contribution < 1.29 is 22.8 Å². The van der Waals surface area contributed by atoms with Crippen LogP contribution in [0, 0.1) is 5.41 Å². The maximum atomic E-state index is 13.6. The smallest absolute Gasteiger partial charge is 0.370 e. The van der Waals surface area contributed by atoms with E-state index in [-0.39, 0.29) is 55.7 Å². The van der Waals surface area contributed by atoms with Crippen LogP contribution in [0.4, 0.5) is 18.9 Å². The second kappa shape index (κ2) is 9.69. The van der Waals surface area contributed by atoms with Gasteiger partial charge in [0.1, 0.15) is 0 Å². The van der Waals surface area contributed by atoms with E-state index in [0.717, 1.165) is 6.07 Å². The number of amides is 2. The van der Waals surface area contributed by atoms with Crippen LogP contribution in [0.5, 0.6) is 0 Å². The molecule has 7 nitrogen and oxygen atoms in total. The molecule has 0 saturated carbocycles. The van der Waals surface area contributed by atoms with Gasteiger partial charge in [-0.3, -0.25) is 20.3 Å². The van der Waals surface area contributed by atoms with Gasteiger partial charge < -0.3 is 15.5 Å². The number of carbonyl (C=O) groups is 2. The van der Waals surface area contributed by atoms with Gasteiger partial charge in [-0.05, 0) is 30.3 Å². The second-order valence-electron chi connectivity index (χ2n) is 6.74. The van der Waals surface area contributed by atoms with Crippen LogP contribution in [-0.4, -0.2) is 48.9 Å². The highest BCUT2D eigenvalue weighted by atomic mass is 35.5. The number of halogens is 4. The first kappa shape index (κ1) is 24.0. The largest absolute Gasteiger partial charge is 0.418 e. The molecule has 1 aliphatic heterocycles. The maximum absolute atomic E-state index is 13.6. The molecule has 0 aromatic heterocycles. The first-order valence-electron chi connectivity index (χ1n) is 9.12. The summed E-state index contributed by atoms with van der Waals surface area (Å²) in [7, 11) is 0. The highest BCUT2D eigenvalue weighted by Crippen LogP contribution is 2.37. The summed E-state index contributed by atoms with van der Waals surface area (Å²) in [5, 5.41) is 9.02. The van der Waals surface area contributed by atoms with E-state index >= 15 is 0 Å². The van der Waals surface area contributed by atoms with Crippen molar-refractivity contribution in [2.24, 2.45) is 5.73 Å². The minimum atomic E-state index is -4.68. The molecule has 4 N–H and O–H groups in total. The number of nitrogens with two attached hydrogens (primary N) is 1. The average molecular weight is 456 g/mol. The number of anilines is 1. The van der Waals surface area contributed by atoms with Crippen molar-refractivity contribution in [1.82, 2.24) is 10.2 Å². The summed E-state index contributed by atoms with van der Waals surface area (Å²) < 4.78 is 40.9. The van der Waals surface area contributed by atoms with Crippen LogP contribution in [0.3, 0.4) is 0 Å². The molecule has 1 saturated heterocycles. The van der Waals surface area contributed by atoms with E-state index in [4.69, 9.17) is 11.1 Å². The zero-order chi connectivity index (χ0) is 21.9. The highest BCUT2D eigenvalue weighted by Gasteiger charge is 2.36. The molecular formula is C20H21ClF3N5O2. The lowest BCUT2D eigenvalue weighted by molar-refractivity contribution is -0.137. The third-order valence-electron chi connectivity index (χ3n) is 4.74. The monoisotopic (exact) mass is 455 g/mol. The Bertz CT molecular complexity index is 961. The zero-order valence-electron chi connectivity index (χ0n) is 16.3. The summed E-state index contributed by atoms with van der Waals surface area (Å²) in [4.78, 5) is 27.6. The lowest BCUT2D eigenvalue weighted by Crippen LogP contribution is -2.49. The molecule has 11 heteroatoms. The minimum Gasteiger partial charge on any atom is -0.370 e. The normalized spacial score (nSPS) is 13.9.